The monoisotopic (exact) mass is 318 g/mol. The number of nitrogens with one attached hydrogen (secondary N) is 1. The van der Waals surface area contributed by atoms with Gasteiger partial charge in [-0.1, -0.05) is 23.7 Å². The second-order valence-electron chi connectivity index (χ2n) is 4.79. The Balaban J connectivity index is 0.00000200. The van der Waals surface area contributed by atoms with Crippen molar-refractivity contribution in [1.82, 2.24) is 10.2 Å². The topological polar surface area (TPSA) is 41.6 Å². The van der Waals surface area contributed by atoms with Gasteiger partial charge in [-0.25, -0.2) is 0 Å². The third kappa shape index (κ3) is 4.01. The summed E-state index contributed by atoms with van der Waals surface area (Å²) in [7, 11) is 1.83. The molecule has 4 nitrogen and oxygen atoms in total. The largest absolute Gasteiger partial charge is 0.479 e. The van der Waals surface area contributed by atoms with Crippen LogP contribution in [-0.4, -0.2) is 43.1 Å². The van der Waals surface area contributed by atoms with Crippen molar-refractivity contribution in [3.63, 3.8) is 0 Å². The molecule has 1 amide bonds. The SMILES string of the molecule is CC(Oc1ccccc1Cl)C(=O)N(C)C1CCNC1.Cl. The summed E-state index contributed by atoms with van der Waals surface area (Å²) in [5.41, 5.74) is 0. The zero-order chi connectivity index (χ0) is 13.8. The number of carbonyl (C=O) groups excluding carboxylic acids is 1. The van der Waals surface area contributed by atoms with Gasteiger partial charge >= 0.3 is 0 Å². The van der Waals surface area contributed by atoms with E-state index in [1.807, 2.05) is 19.2 Å². The lowest BCUT2D eigenvalue weighted by atomic mass is 10.2. The Kier molecular flexibility index (Phi) is 6.59. The third-order valence-electron chi connectivity index (χ3n) is 3.42. The molecule has 1 aromatic rings. The molecular formula is C14H20Cl2N2O2. The van der Waals surface area contributed by atoms with Crippen molar-refractivity contribution < 1.29 is 9.53 Å². The smallest absolute Gasteiger partial charge is 0.263 e. The van der Waals surface area contributed by atoms with E-state index < -0.39 is 6.10 Å². The molecule has 0 spiro atoms. The molecule has 2 rings (SSSR count). The van der Waals surface area contributed by atoms with Gasteiger partial charge in [0.2, 0.25) is 0 Å². The van der Waals surface area contributed by atoms with Gasteiger partial charge in [-0.05, 0) is 32.0 Å². The number of para-hydroxylation sites is 1. The summed E-state index contributed by atoms with van der Waals surface area (Å²) >= 11 is 6.02. The normalized spacial score (nSPS) is 19.1. The molecule has 1 aliphatic heterocycles. The van der Waals surface area contributed by atoms with E-state index in [-0.39, 0.29) is 24.4 Å². The Morgan fingerprint density at radius 2 is 2.20 bits per heavy atom. The molecule has 0 bridgehead atoms. The maximum Gasteiger partial charge on any atom is 0.263 e. The van der Waals surface area contributed by atoms with Crippen LogP contribution < -0.4 is 10.1 Å². The van der Waals surface area contributed by atoms with Gasteiger partial charge in [0.05, 0.1) is 5.02 Å². The molecule has 112 valence electrons. The van der Waals surface area contributed by atoms with Crippen LogP contribution in [0.1, 0.15) is 13.3 Å². The van der Waals surface area contributed by atoms with Crippen LogP contribution in [-0.2, 0) is 4.79 Å². The summed E-state index contributed by atoms with van der Waals surface area (Å²) in [6, 6.07) is 7.44. The number of ether oxygens (including phenoxy) is 1. The molecule has 2 unspecified atom stereocenters. The van der Waals surface area contributed by atoms with Crippen LogP contribution in [0.25, 0.3) is 0 Å². The first kappa shape index (κ1) is 17.1. The fraction of sp³-hybridized carbons (Fsp3) is 0.500. The van der Waals surface area contributed by atoms with E-state index in [2.05, 4.69) is 5.32 Å². The molecule has 1 saturated heterocycles. The Labute approximate surface area is 130 Å². The van der Waals surface area contributed by atoms with E-state index >= 15 is 0 Å². The van der Waals surface area contributed by atoms with Gasteiger partial charge in [-0.3, -0.25) is 4.79 Å². The minimum absolute atomic E-state index is 0. The number of benzene rings is 1. The van der Waals surface area contributed by atoms with Crippen molar-refractivity contribution in [3.05, 3.63) is 29.3 Å². The van der Waals surface area contributed by atoms with Crippen LogP contribution in [0.3, 0.4) is 0 Å². The van der Waals surface area contributed by atoms with Crippen LogP contribution >= 0.6 is 24.0 Å². The summed E-state index contributed by atoms with van der Waals surface area (Å²) in [6.45, 7) is 3.56. The van der Waals surface area contributed by atoms with E-state index in [1.54, 1.807) is 24.0 Å². The van der Waals surface area contributed by atoms with Gasteiger partial charge in [0.15, 0.2) is 6.10 Å². The van der Waals surface area contributed by atoms with Crippen molar-refractivity contribution in [1.29, 1.82) is 0 Å². The first-order valence-electron chi connectivity index (χ1n) is 6.48. The maximum absolute atomic E-state index is 12.3. The second-order valence-corrected chi connectivity index (χ2v) is 5.19. The number of rotatable bonds is 4. The molecule has 1 fully saturated rings. The third-order valence-corrected chi connectivity index (χ3v) is 3.73. The molecule has 0 radical (unpaired) electrons. The fourth-order valence-electron chi connectivity index (χ4n) is 2.22. The van der Waals surface area contributed by atoms with E-state index in [0.29, 0.717) is 10.8 Å². The number of carbonyl (C=O) groups is 1. The highest BCUT2D eigenvalue weighted by atomic mass is 35.5. The fourth-order valence-corrected chi connectivity index (χ4v) is 2.40. The summed E-state index contributed by atoms with van der Waals surface area (Å²) in [4.78, 5) is 14.0. The lowest BCUT2D eigenvalue weighted by Crippen LogP contribution is -2.44. The van der Waals surface area contributed by atoms with Crippen LogP contribution in [0.5, 0.6) is 5.75 Å². The maximum atomic E-state index is 12.3. The van der Waals surface area contributed by atoms with Crippen LogP contribution in [0.15, 0.2) is 24.3 Å². The first-order chi connectivity index (χ1) is 9.09. The molecule has 1 N–H and O–H groups in total. The quantitative estimate of drug-likeness (QED) is 0.926. The number of hydrogen-bond donors (Lipinski definition) is 1. The van der Waals surface area contributed by atoms with Crippen LogP contribution in [0.2, 0.25) is 5.02 Å². The van der Waals surface area contributed by atoms with Gasteiger partial charge in [0, 0.05) is 19.6 Å². The molecule has 0 aliphatic carbocycles. The summed E-state index contributed by atoms with van der Waals surface area (Å²) in [5, 5.41) is 3.77. The molecule has 1 aliphatic rings. The molecule has 0 saturated carbocycles. The molecule has 0 aromatic heterocycles. The lowest BCUT2D eigenvalue weighted by molar-refractivity contribution is -0.138. The van der Waals surface area contributed by atoms with Crippen molar-refractivity contribution in [3.8, 4) is 5.75 Å². The predicted molar refractivity (Wildman–Crippen MR) is 82.8 cm³/mol. The van der Waals surface area contributed by atoms with Crippen molar-refractivity contribution in [2.75, 3.05) is 20.1 Å². The zero-order valence-corrected chi connectivity index (χ0v) is 13.2. The average Bonchev–Trinajstić information content (AvgIpc) is 2.93. The molecule has 20 heavy (non-hydrogen) atoms. The highest BCUT2D eigenvalue weighted by Gasteiger charge is 2.27. The van der Waals surface area contributed by atoms with E-state index in [1.165, 1.54) is 0 Å². The number of halogens is 2. The van der Waals surface area contributed by atoms with Gasteiger partial charge in [0.1, 0.15) is 5.75 Å². The second kappa shape index (κ2) is 7.72. The zero-order valence-electron chi connectivity index (χ0n) is 11.6. The first-order valence-corrected chi connectivity index (χ1v) is 6.86. The Morgan fingerprint density at radius 3 is 2.80 bits per heavy atom. The molecule has 1 heterocycles. The van der Waals surface area contributed by atoms with Crippen molar-refractivity contribution in [2.24, 2.45) is 0 Å². The standard InChI is InChI=1S/C14H19ClN2O2.ClH/c1-10(19-13-6-4-3-5-12(13)15)14(18)17(2)11-7-8-16-9-11;/h3-6,10-11,16H,7-9H2,1-2H3;1H. The van der Waals surface area contributed by atoms with E-state index in [4.69, 9.17) is 16.3 Å². The Hall–Kier alpha value is -0.970. The molecule has 1 aromatic carbocycles. The van der Waals surface area contributed by atoms with Gasteiger partial charge in [0.25, 0.3) is 5.91 Å². The van der Waals surface area contributed by atoms with E-state index in [9.17, 15) is 4.79 Å². The van der Waals surface area contributed by atoms with E-state index in [0.717, 1.165) is 19.5 Å². The average molecular weight is 319 g/mol. The number of amides is 1. The van der Waals surface area contributed by atoms with Crippen LogP contribution in [0.4, 0.5) is 0 Å². The van der Waals surface area contributed by atoms with Gasteiger partial charge in [-0.15, -0.1) is 12.4 Å². The number of likely N-dealkylation sites (N-methyl/N-ethyl adjacent to an activating group) is 1. The highest BCUT2D eigenvalue weighted by molar-refractivity contribution is 6.32. The Morgan fingerprint density at radius 1 is 1.50 bits per heavy atom. The van der Waals surface area contributed by atoms with Crippen LogP contribution in [0, 0.1) is 0 Å². The van der Waals surface area contributed by atoms with Gasteiger partial charge in [-0.2, -0.15) is 0 Å². The number of nitrogens with zero attached hydrogens (tertiary/aromatic N) is 1. The highest BCUT2D eigenvalue weighted by Crippen LogP contribution is 2.24. The number of hydrogen-bond acceptors (Lipinski definition) is 3. The summed E-state index contributed by atoms with van der Waals surface area (Å²) < 4.78 is 5.64. The predicted octanol–water partition coefficient (Wildman–Crippen LogP) is 2.35. The van der Waals surface area contributed by atoms with Crippen molar-refractivity contribution in [2.45, 2.75) is 25.5 Å². The minimum Gasteiger partial charge on any atom is -0.479 e. The minimum atomic E-state index is -0.537. The summed E-state index contributed by atoms with van der Waals surface area (Å²) in [5.74, 6) is 0.525. The van der Waals surface area contributed by atoms with Crippen molar-refractivity contribution >= 4 is 29.9 Å². The molecule has 6 heteroatoms. The summed E-state index contributed by atoms with van der Waals surface area (Å²) in [6.07, 6.45) is 0.451. The van der Waals surface area contributed by atoms with Gasteiger partial charge < -0.3 is 15.0 Å². The molecular weight excluding hydrogens is 299 g/mol. The lowest BCUT2D eigenvalue weighted by Gasteiger charge is -2.27. The Bertz CT molecular complexity index is 451. The molecule has 2 atom stereocenters.